The summed E-state index contributed by atoms with van der Waals surface area (Å²) in [6.45, 7) is 7.27. The summed E-state index contributed by atoms with van der Waals surface area (Å²) in [6.07, 6.45) is 9.30. The van der Waals surface area contributed by atoms with Crippen LogP contribution in [0.15, 0.2) is 48.1 Å². The number of allylic oxidation sites excluding steroid dienone is 5. The van der Waals surface area contributed by atoms with E-state index in [4.69, 9.17) is 5.14 Å². The number of sulfonamides is 1. The Kier molecular flexibility index (Phi) is 3.55. The van der Waals surface area contributed by atoms with Crippen LogP contribution in [0, 0.1) is 0 Å². The lowest BCUT2D eigenvalue weighted by atomic mass is 10.0. The summed E-state index contributed by atoms with van der Waals surface area (Å²) in [4.78, 5) is 0. The molecule has 0 aliphatic heterocycles. The van der Waals surface area contributed by atoms with Gasteiger partial charge in [-0.05, 0) is 24.5 Å². The zero-order valence-electron chi connectivity index (χ0n) is 9.60. The van der Waals surface area contributed by atoms with Crippen molar-refractivity contribution >= 4 is 10.0 Å². The van der Waals surface area contributed by atoms with Gasteiger partial charge < -0.3 is 0 Å². The number of nitrogens with two attached hydrogens (primary N) is 1. The summed E-state index contributed by atoms with van der Waals surface area (Å²) in [5.74, 6) is 0. The average molecular weight is 239 g/mol. The van der Waals surface area contributed by atoms with Crippen LogP contribution in [0.4, 0.5) is 0 Å². The lowest BCUT2D eigenvalue weighted by molar-refractivity contribution is 0.581. The molecule has 16 heavy (non-hydrogen) atoms. The second kappa shape index (κ2) is 4.39. The summed E-state index contributed by atoms with van der Waals surface area (Å²) >= 11 is 0. The summed E-state index contributed by atoms with van der Waals surface area (Å²) in [5.41, 5.74) is 1.88. The van der Waals surface area contributed by atoms with Crippen molar-refractivity contribution in [2.75, 3.05) is 0 Å². The van der Waals surface area contributed by atoms with E-state index < -0.39 is 14.8 Å². The molecule has 0 aromatic rings. The Hall–Kier alpha value is -1.13. The number of hydrogen-bond donors (Lipinski definition) is 1. The minimum Gasteiger partial charge on any atom is -0.228 e. The van der Waals surface area contributed by atoms with Crippen LogP contribution in [0.1, 0.15) is 20.3 Å². The Morgan fingerprint density at radius 2 is 2.19 bits per heavy atom. The molecule has 0 amide bonds. The summed E-state index contributed by atoms with van der Waals surface area (Å²) < 4.78 is 22.0. The number of hydrogen-bond acceptors (Lipinski definition) is 2. The van der Waals surface area contributed by atoms with E-state index in [0.29, 0.717) is 0 Å². The normalized spacial score (nSPS) is 25.7. The molecule has 0 fully saturated rings. The van der Waals surface area contributed by atoms with Crippen LogP contribution in [-0.2, 0) is 10.0 Å². The average Bonchev–Trinajstić information content (AvgIpc) is 2.36. The molecular formula is C12H17NO2S. The van der Waals surface area contributed by atoms with Crippen LogP contribution in [-0.4, -0.2) is 13.2 Å². The van der Waals surface area contributed by atoms with Crippen LogP contribution in [0.5, 0.6) is 0 Å². The zero-order chi connectivity index (χ0) is 12.4. The third kappa shape index (κ3) is 2.33. The van der Waals surface area contributed by atoms with E-state index in [-0.39, 0.29) is 0 Å². The molecule has 4 heteroatoms. The first kappa shape index (κ1) is 12.9. The predicted molar refractivity (Wildman–Crippen MR) is 67.3 cm³/mol. The van der Waals surface area contributed by atoms with Crippen molar-refractivity contribution < 1.29 is 8.42 Å². The van der Waals surface area contributed by atoms with Gasteiger partial charge in [-0.2, -0.15) is 0 Å². The predicted octanol–water partition coefficient (Wildman–Crippen LogP) is 2.05. The van der Waals surface area contributed by atoms with E-state index in [1.807, 2.05) is 13.0 Å². The van der Waals surface area contributed by atoms with Crippen molar-refractivity contribution in [2.24, 2.45) is 5.14 Å². The van der Waals surface area contributed by atoms with Crippen LogP contribution in [0.2, 0.25) is 0 Å². The van der Waals surface area contributed by atoms with E-state index in [2.05, 4.69) is 6.58 Å². The Bertz CT molecular complexity index is 483. The largest absolute Gasteiger partial charge is 0.228 e. The smallest absolute Gasteiger partial charge is 0.221 e. The first-order valence-electron chi connectivity index (χ1n) is 5.10. The molecule has 88 valence electrons. The molecular weight excluding hydrogens is 222 g/mol. The highest BCUT2D eigenvalue weighted by atomic mass is 32.2. The van der Waals surface area contributed by atoms with E-state index in [0.717, 1.165) is 17.6 Å². The Morgan fingerprint density at radius 1 is 1.56 bits per heavy atom. The first-order valence-corrected chi connectivity index (χ1v) is 6.65. The van der Waals surface area contributed by atoms with E-state index in [9.17, 15) is 8.42 Å². The molecule has 0 saturated heterocycles. The van der Waals surface area contributed by atoms with Crippen LogP contribution in [0.3, 0.4) is 0 Å². The van der Waals surface area contributed by atoms with Gasteiger partial charge >= 0.3 is 0 Å². The summed E-state index contributed by atoms with van der Waals surface area (Å²) in [5, 5.41) is 5.25. The van der Waals surface area contributed by atoms with E-state index in [1.165, 1.54) is 0 Å². The highest BCUT2D eigenvalue weighted by molar-refractivity contribution is 7.90. The second-order valence-electron chi connectivity index (χ2n) is 3.94. The van der Waals surface area contributed by atoms with Crippen LogP contribution in [0.25, 0.3) is 0 Å². The molecule has 1 atom stereocenters. The van der Waals surface area contributed by atoms with Gasteiger partial charge in [0.15, 0.2) is 0 Å². The highest BCUT2D eigenvalue weighted by Gasteiger charge is 2.32. The minimum absolute atomic E-state index is 0.741. The van der Waals surface area contributed by atoms with Gasteiger partial charge in [0, 0.05) is 0 Å². The molecule has 1 aliphatic carbocycles. The Morgan fingerprint density at radius 3 is 2.62 bits per heavy atom. The molecule has 0 radical (unpaired) electrons. The standard InChI is InChI=1S/C12H17NO2S/c1-4-10-7-6-8-12(3,16(13,14)15)9-11(10)5-2/h4,6-9H,1,5H2,2-3H3,(H2,13,14,15). The van der Waals surface area contributed by atoms with Crippen LogP contribution >= 0.6 is 0 Å². The van der Waals surface area contributed by atoms with Crippen molar-refractivity contribution in [3.8, 4) is 0 Å². The molecule has 0 bridgehead atoms. The minimum atomic E-state index is -3.65. The van der Waals surface area contributed by atoms with Gasteiger partial charge in [-0.15, -0.1) is 0 Å². The Labute approximate surface area is 97.1 Å². The third-order valence-electron chi connectivity index (χ3n) is 2.75. The summed E-state index contributed by atoms with van der Waals surface area (Å²) in [7, 11) is -3.65. The van der Waals surface area contributed by atoms with Gasteiger partial charge in [-0.1, -0.05) is 43.9 Å². The molecule has 1 unspecified atom stereocenters. The third-order valence-corrected chi connectivity index (χ3v) is 4.23. The highest BCUT2D eigenvalue weighted by Crippen LogP contribution is 2.28. The first-order chi connectivity index (χ1) is 7.34. The fourth-order valence-electron chi connectivity index (χ4n) is 1.61. The molecule has 0 heterocycles. The lowest BCUT2D eigenvalue weighted by Gasteiger charge is -2.20. The van der Waals surface area contributed by atoms with Crippen LogP contribution < -0.4 is 5.14 Å². The lowest BCUT2D eigenvalue weighted by Crippen LogP contribution is -2.37. The quantitative estimate of drug-likeness (QED) is 0.819. The van der Waals surface area contributed by atoms with Gasteiger partial charge in [-0.3, -0.25) is 0 Å². The Balaban J connectivity index is 3.38. The molecule has 1 aliphatic rings. The van der Waals surface area contributed by atoms with Gasteiger partial charge in [0.1, 0.15) is 4.75 Å². The van der Waals surface area contributed by atoms with Gasteiger partial charge in [0.2, 0.25) is 10.0 Å². The van der Waals surface area contributed by atoms with E-state index in [1.54, 1.807) is 31.2 Å². The fourth-order valence-corrected chi connectivity index (χ4v) is 2.18. The molecule has 0 aromatic heterocycles. The maximum Gasteiger partial charge on any atom is 0.221 e. The zero-order valence-corrected chi connectivity index (χ0v) is 10.4. The molecule has 0 saturated carbocycles. The number of primary sulfonamides is 1. The van der Waals surface area contributed by atoms with Crippen molar-refractivity contribution in [1.29, 1.82) is 0 Å². The van der Waals surface area contributed by atoms with Crippen molar-refractivity contribution in [1.82, 2.24) is 0 Å². The van der Waals surface area contributed by atoms with Gasteiger partial charge in [0.05, 0.1) is 0 Å². The van der Waals surface area contributed by atoms with Crippen molar-refractivity contribution in [2.45, 2.75) is 25.0 Å². The molecule has 1 rings (SSSR count). The maximum absolute atomic E-state index is 11.6. The molecule has 0 spiro atoms. The molecule has 3 nitrogen and oxygen atoms in total. The SMILES string of the molecule is C=CC1=CC=CC(C)(S(N)(=O)=O)C=C1CC. The van der Waals surface area contributed by atoms with Gasteiger partial charge in [0.25, 0.3) is 0 Å². The number of rotatable bonds is 3. The second-order valence-corrected chi connectivity index (χ2v) is 5.91. The van der Waals surface area contributed by atoms with Crippen molar-refractivity contribution in [3.63, 3.8) is 0 Å². The molecule has 2 N–H and O–H groups in total. The van der Waals surface area contributed by atoms with Crippen molar-refractivity contribution in [3.05, 3.63) is 48.1 Å². The summed E-state index contributed by atoms with van der Waals surface area (Å²) in [6, 6.07) is 0. The monoisotopic (exact) mass is 239 g/mol. The van der Waals surface area contributed by atoms with Gasteiger partial charge in [-0.25, -0.2) is 13.6 Å². The molecule has 0 aromatic carbocycles. The maximum atomic E-state index is 11.6. The fraction of sp³-hybridized carbons (Fsp3) is 0.333. The topological polar surface area (TPSA) is 60.2 Å². The van der Waals surface area contributed by atoms with E-state index >= 15 is 0 Å².